The standard InChI is InChI=1S/C28H22ClN3O6S/c1-32(20-8-6-19(29)7-9-20)21-10-14-25(30-16-21)26(33)18-5-13-24(23(15-18)28(35)36)31-27(34)17-3-11-22(12-4-17)39(2,37)38/h3-16H,1-2H3,(H,31,34)(H,35,36). The van der Waals surface area contributed by atoms with Gasteiger partial charge in [-0.15, -0.1) is 0 Å². The van der Waals surface area contributed by atoms with Crippen molar-refractivity contribution in [3.05, 3.63) is 112 Å². The molecule has 0 bridgehead atoms. The number of amides is 1. The number of carbonyl (C=O) groups is 3. The Morgan fingerprint density at radius 2 is 1.49 bits per heavy atom. The summed E-state index contributed by atoms with van der Waals surface area (Å²) in [5.41, 5.74) is 1.60. The Morgan fingerprint density at radius 3 is 2.05 bits per heavy atom. The number of hydrogen-bond acceptors (Lipinski definition) is 7. The van der Waals surface area contributed by atoms with Crippen molar-refractivity contribution in [3.8, 4) is 0 Å². The fourth-order valence-corrected chi connectivity index (χ4v) is 4.46. The van der Waals surface area contributed by atoms with E-state index in [9.17, 15) is 27.9 Å². The summed E-state index contributed by atoms with van der Waals surface area (Å²) in [5.74, 6) is -2.48. The molecule has 0 spiro atoms. The van der Waals surface area contributed by atoms with E-state index in [0.29, 0.717) is 5.02 Å². The lowest BCUT2D eigenvalue weighted by atomic mass is 10.0. The minimum absolute atomic E-state index is 0.0239. The Labute approximate surface area is 229 Å². The number of benzene rings is 3. The second kappa shape index (κ2) is 11.1. The number of anilines is 3. The summed E-state index contributed by atoms with van der Waals surface area (Å²) in [6.07, 6.45) is 2.58. The highest BCUT2D eigenvalue weighted by molar-refractivity contribution is 7.90. The Balaban J connectivity index is 1.53. The van der Waals surface area contributed by atoms with E-state index in [1.165, 1.54) is 48.7 Å². The molecule has 0 saturated carbocycles. The van der Waals surface area contributed by atoms with Crippen LogP contribution in [0, 0.1) is 0 Å². The number of aromatic nitrogens is 1. The Hall–Kier alpha value is -4.54. The zero-order valence-electron chi connectivity index (χ0n) is 20.8. The number of aromatic carboxylic acids is 1. The number of sulfone groups is 1. The molecule has 198 valence electrons. The monoisotopic (exact) mass is 563 g/mol. The number of carboxylic acids is 1. The van der Waals surface area contributed by atoms with Gasteiger partial charge in [0, 0.05) is 35.1 Å². The Morgan fingerprint density at radius 1 is 0.872 bits per heavy atom. The van der Waals surface area contributed by atoms with E-state index >= 15 is 0 Å². The number of carboxylic acid groups (broad SMARTS) is 1. The SMILES string of the molecule is CN(c1ccc(Cl)cc1)c1ccc(C(=O)c2ccc(NC(=O)c3ccc(S(C)(=O)=O)cc3)c(C(=O)O)c2)nc1. The van der Waals surface area contributed by atoms with Gasteiger partial charge in [0.1, 0.15) is 5.69 Å². The predicted octanol–water partition coefficient (Wildman–Crippen LogP) is 5.09. The second-order valence-corrected chi connectivity index (χ2v) is 11.0. The number of pyridine rings is 1. The van der Waals surface area contributed by atoms with Crippen molar-refractivity contribution in [1.29, 1.82) is 0 Å². The lowest BCUT2D eigenvalue weighted by Crippen LogP contribution is -2.16. The van der Waals surface area contributed by atoms with Gasteiger partial charge in [0.2, 0.25) is 5.78 Å². The van der Waals surface area contributed by atoms with Crippen molar-refractivity contribution in [2.75, 3.05) is 23.5 Å². The summed E-state index contributed by atoms with van der Waals surface area (Å²) in [6, 6.07) is 19.6. The third-order valence-electron chi connectivity index (χ3n) is 5.89. The van der Waals surface area contributed by atoms with Crippen molar-refractivity contribution in [3.63, 3.8) is 0 Å². The van der Waals surface area contributed by atoms with Gasteiger partial charge in [-0.05, 0) is 78.9 Å². The molecule has 2 N–H and O–H groups in total. The zero-order chi connectivity index (χ0) is 28.3. The smallest absolute Gasteiger partial charge is 0.337 e. The van der Waals surface area contributed by atoms with E-state index < -0.39 is 27.5 Å². The van der Waals surface area contributed by atoms with Gasteiger partial charge < -0.3 is 15.3 Å². The fraction of sp³-hybridized carbons (Fsp3) is 0.0714. The molecule has 9 nitrogen and oxygen atoms in total. The number of rotatable bonds is 8. The van der Waals surface area contributed by atoms with Crippen LogP contribution in [0.5, 0.6) is 0 Å². The molecule has 39 heavy (non-hydrogen) atoms. The van der Waals surface area contributed by atoms with Crippen molar-refractivity contribution in [1.82, 2.24) is 4.98 Å². The number of hydrogen-bond donors (Lipinski definition) is 2. The van der Waals surface area contributed by atoms with Gasteiger partial charge in [-0.3, -0.25) is 14.6 Å². The first-order valence-electron chi connectivity index (χ1n) is 11.4. The Kier molecular flexibility index (Phi) is 7.80. The van der Waals surface area contributed by atoms with E-state index in [4.69, 9.17) is 11.6 Å². The highest BCUT2D eigenvalue weighted by Gasteiger charge is 2.19. The van der Waals surface area contributed by atoms with Crippen LogP contribution in [-0.4, -0.2) is 49.5 Å². The lowest BCUT2D eigenvalue weighted by molar-refractivity contribution is 0.0698. The second-order valence-electron chi connectivity index (χ2n) is 8.58. The number of nitrogens with zero attached hydrogens (tertiary/aromatic N) is 2. The molecular formula is C28H22ClN3O6S. The molecule has 1 amide bonds. The number of ketones is 1. The first-order valence-corrected chi connectivity index (χ1v) is 13.7. The molecule has 0 aliphatic rings. The quantitative estimate of drug-likeness (QED) is 0.283. The minimum Gasteiger partial charge on any atom is -0.478 e. The maximum absolute atomic E-state index is 13.1. The molecule has 0 aliphatic carbocycles. The van der Waals surface area contributed by atoms with Gasteiger partial charge in [-0.25, -0.2) is 13.2 Å². The molecule has 11 heteroatoms. The lowest BCUT2D eigenvalue weighted by Gasteiger charge is -2.19. The van der Waals surface area contributed by atoms with Gasteiger partial charge in [0.25, 0.3) is 5.91 Å². The molecule has 0 aliphatic heterocycles. The summed E-state index contributed by atoms with van der Waals surface area (Å²) >= 11 is 5.94. The average Bonchev–Trinajstić information content (AvgIpc) is 2.92. The van der Waals surface area contributed by atoms with Crippen molar-refractivity contribution in [2.24, 2.45) is 0 Å². The summed E-state index contributed by atoms with van der Waals surface area (Å²) in [4.78, 5) is 43.8. The maximum Gasteiger partial charge on any atom is 0.337 e. The van der Waals surface area contributed by atoms with Gasteiger partial charge in [0.05, 0.1) is 28.0 Å². The molecular weight excluding hydrogens is 542 g/mol. The molecule has 0 unspecified atom stereocenters. The van der Waals surface area contributed by atoms with E-state index in [0.717, 1.165) is 17.6 Å². The third kappa shape index (κ3) is 6.31. The number of nitrogens with one attached hydrogen (secondary N) is 1. The van der Waals surface area contributed by atoms with Gasteiger partial charge in [-0.1, -0.05) is 11.6 Å². The summed E-state index contributed by atoms with van der Waals surface area (Å²) in [6.45, 7) is 0. The summed E-state index contributed by atoms with van der Waals surface area (Å²) < 4.78 is 23.3. The van der Waals surface area contributed by atoms with E-state index in [-0.39, 0.29) is 33.0 Å². The minimum atomic E-state index is -3.43. The maximum atomic E-state index is 13.1. The molecule has 1 aromatic heterocycles. The van der Waals surface area contributed by atoms with E-state index in [1.54, 1.807) is 24.3 Å². The molecule has 0 atom stereocenters. The summed E-state index contributed by atoms with van der Waals surface area (Å²) in [5, 5.41) is 12.8. The van der Waals surface area contributed by atoms with Crippen LogP contribution in [0.1, 0.15) is 36.8 Å². The zero-order valence-corrected chi connectivity index (χ0v) is 22.3. The van der Waals surface area contributed by atoms with Gasteiger partial charge >= 0.3 is 5.97 Å². The number of carbonyl (C=O) groups excluding carboxylic acids is 2. The van der Waals surface area contributed by atoms with Crippen LogP contribution in [0.3, 0.4) is 0 Å². The molecule has 4 aromatic rings. The largest absolute Gasteiger partial charge is 0.478 e. The van der Waals surface area contributed by atoms with E-state index in [1.807, 2.05) is 24.1 Å². The molecule has 0 fully saturated rings. The van der Waals surface area contributed by atoms with E-state index in [2.05, 4.69) is 10.3 Å². The topological polar surface area (TPSA) is 134 Å². The van der Waals surface area contributed by atoms with Crippen LogP contribution in [0.25, 0.3) is 0 Å². The van der Waals surface area contributed by atoms with Crippen LogP contribution >= 0.6 is 11.6 Å². The highest BCUT2D eigenvalue weighted by atomic mass is 35.5. The van der Waals surface area contributed by atoms with Crippen LogP contribution in [0.15, 0.2) is 90.0 Å². The molecule has 3 aromatic carbocycles. The first kappa shape index (κ1) is 27.5. The van der Waals surface area contributed by atoms with Crippen LogP contribution in [-0.2, 0) is 9.84 Å². The van der Waals surface area contributed by atoms with Crippen molar-refractivity contribution >= 4 is 56.2 Å². The van der Waals surface area contributed by atoms with Crippen LogP contribution in [0.4, 0.5) is 17.1 Å². The highest BCUT2D eigenvalue weighted by Crippen LogP contribution is 2.25. The number of halogens is 1. The fourth-order valence-electron chi connectivity index (χ4n) is 3.70. The molecule has 4 rings (SSSR count). The molecule has 1 heterocycles. The predicted molar refractivity (Wildman–Crippen MR) is 148 cm³/mol. The normalized spacial score (nSPS) is 11.1. The average molecular weight is 564 g/mol. The van der Waals surface area contributed by atoms with Crippen molar-refractivity contribution in [2.45, 2.75) is 4.90 Å². The first-order chi connectivity index (χ1) is 18.4. The Bertz CT molecular complexity index is 1670. The third-order valence-corrected chi connectivity index (χ3v) is 7.27. The van der Waals surface area contributed by atoms with Gasteiger partial charge in [0.15, 0.2) is 9.84 Å². The summed E-state index contributed by atoms with van der Waals surface area (Å²) in [7, 11) is -1.59. The van der Waals surface area contributed by atoms with Gasteiger partial charge in [-0.2, -0.15) is 0 Å². The van der Waals surface area contributed by atoms with Crippen LogP contribution in [0.2, 0.25) is 5.02 Å². The van der Waals surface area contributed by atoms with Crippen LogP contribution < -0.4 is 10.2 Å². The molecule has 0 radical (unpaired) electrons. The van der Waals surface area contributed by atoms with Crippen molar-refractivity contribution < 1.29 is 27.9 Å². The molecule has 0 saturated heterocycles.